The molecule has 1 atom stereocenters. The molecular weight excluding hydrogens is 500 g/mol. The molecule has 0 fully saturated rings. The van der Waals surface area contributed by atoms with Crippen molar-refractivity contribution < 1.29 is 19.4 Å². The van der Waals surface area contributed by atoms with Crippen LogP contribution in [0.3, 0.4) is 0 Å². The summed E-state index contributed by atoms with van der Waals surface area (Å²) < 4.78 is 11.9. The van der Waals surface area contributed by atoms with E-state index in [0.717, 1.165) is 35.3 Å². The molecule has 0 amide bonds. The van der Waals surface area contributed by atoms with Crippen molar-refractivity contribution in [3.63, 3.8) is 0 Å². The molecule has 8 heteroatoms. The largest absolute Gasteiger partial charge is 0.497 e. The van der Waals surface area contributed by atoms with E-state index in [1.807, 2.05) is 30.3 Å². The summed E-state index contributed by atoms with van der Waals surface area (Å²) in [5, 5.41) is 13.0. The smallest absolute Gasteiger partial charge is 0.341 e. The number of thiophene rings is 1. The highest BCUT2D eigenvalue weighted by atomic mass is 32.1. The predicted octanol–water partition coefficient (Wildman–Crippen LogP) is 5.88. The molecule has 0 spiro atoms. The number of hydrogen-bond acceptors (Lipinski definition) is 7. The van der Waals surface area contributed by atoms with Crippen molar-refractivity contribution in [3.05, 3.63) is 86.0 Å². The van der Waals surface area contributed by atoms with Crippen LogP contribution in [0.5, 0.6) is 11.6 Å². The molecule has 0 bridgehead atoms. The fraction of sp³-hybridized carbons (Fsp3) is 0.300. The van der Waals surface area contributed by atoms with Gasteiger partial charge < -0.3 is 14.6 Å². The summed E-state index contributed by atoms with van der Waals surface area (Å²) in [7, 11) is 1.60. The van der Waals surface area contributed by atoms with Crippen molar-refractivity contribution in [3.8, 4) is 11.6 Å². The summed E-state index contributed by atoms with van der Waals surface area (Å²) in [6, 6.07) is 14.5. The van der Waals surface area contributed by atoms with Gasteiger partial charge in [0.15, 0.2) is 0 Å². The lowest BCUT2D eigenvalue weighted by Crippen LogP contribution is -2.22. The molecule has 0 unspecified atom stereocenters. The van der Waals surface area contributed by atoms with Gasteiger partial charge in [-0.1, -0.05) is 37.3 Å². The normalized spacial score (nSPS) is 15.1. The first-order chi connectivity index (χ1) is 18.4. The molecule has 196 valence electrons. The second-order valence-corrected chi connectivity index (χ2v) is 10.6. The Bertz CT molecular complexity index is 1580. The molecule has 1 aliphatic rings. The number of rotatable bonds is 7. The number of methoxy groups -OCH3 is 1. The molecule has 0 aliphatic heterocycles. The lowest BCUT2D eigenvalue weighted by atomic mass is 9.88. The number of aromatic hydroxyl groups is 1. The summed E-state index contributed by atoms with van der Waals surface area (Å²) in [6.45, 7) is 4.47. The van der Waals surface area contributed by atoms with Crippen molar-refractivity contribution in [1.29, 1.82) is 0 Å². The van der Waals surface area contributed by atoms with Crippen LogP contribution in [0.4, 0.5) is 5.00 Å². The third kappa shape index (κ3) is 4.84. The van der Waals surface area contributed by atoms with Crippen LogP contribution < -0.4 is 10.3 Å². The standard InChI is InChI=1S/C30H30N2O5S/c1-4-37-30(35)26-23-14-9-18(2)15-25(23)38-27(26)31-16-24-21-7-5-6-8-22(21)28(33)32(29(24)34)17-19-10-12-20(36-3)13-11-19/h5-8,10-13,16,18,34H,4,9,14-15,17H2,1-3H3/t18-/m1/s1. The summed E-state index contributed by atoms with van der Waals surface area (Å²) >= 11 is 1.50. The number of fused-ring (bicyclic) bond motifs is 2. The van der Waals surface area contributed by atoms with Crippen molar-refractivity contribution >= 4 is 39.3 Å². The highest BCUT2D eigenvalue weighted by Gasteiger charge is 2.28. The number of benzene rings is 2. The van der Waals surface area contributed by atoms with Gasteiger partial charge in [0.25, 0.3) is 5.56 Å². The molecule has 2 aromatic heterocycles. The average Bonchev–Trinajstić information content (AvgIpc) is 3.29. The van der Waals surface area contributed by atoms with E-state index in [1.165, 1.54) is 15.9 Å². The topological polar surface area (TPSA) is 90.1 Å². The van der Waals surface area contributed by atoms with Gasteiger partial charge in [0.1, 0.15) is 10.8 Å². The first-order valence-electron chi connectivity index (χ1n) is 12.7. The van der Waals surface area contributed by atoms with E-state index < -0.39 is 0 Å². The van der Waals surface area contributed by atoms with E-state index in [-0.39, 0.29) is 30.6 Å². The quantitative estimate of drug-likeness (QED) is 0.238. The van der Waals surface area contributed by atoms with Gasteiger partial charge in [-0.2, -0.15) is 0 Å². The van der Waals surface area contributed by atoms with Gasteiger partial charge in [-0.25, -0.2) is 9.79 Å². The molecule has 7 nitrogen and oxygen atoms in total. The van der Waals surface area contributed by atoms with Crippen molar-refractivity contribution in [2.75, 3.05) is 13.7 Å². The second kappa shape index (κ2) is 10.8. The third-order valence-electron chi connectivity index (χ3n) is 6.97. The average molecular weight is 531 g/mol. The van der Waals surface area contributed by atoms with Gasteiger partial charge in [-0.05, 0) is 61.4 Å². The van der Waals surface area contributed by atoms with Crippen LogP contribution in [0.1, 0.15) is 52.2 Å². The first kappa shape index (κ1) is 25.7. The Morgan fingerprint density at radius 3 is 2.63 bits per heavy atom. The van der Waals surface area contributed by atoms with E-state index in [9.17, 15) is 14.7 Å². The van der Waals surface area contributed by atoms with E-state index in [1.54, 1.807) is 38.4 Å². The molecule has 2 heterocycles. The van der Waals surface area contributed by atoms with Crippen molar-refractivity contribution in [2.24, 2.45) is 10.9 Å². The van der Waals surface area contributed by atoms with Gasteiger partial charge in [0, 0.05) is 21.9 Å². The SMILES string of the molecule is CCOC(=O)c1c(N=Cc2c(O)n(Cc3ccc(OC)cc3)c(=O)c3ccccc23)sc2c1CC[C@@H](C)C2. The van der Waals surface area contributed by atoms with Gasteiger partial charge in [-0.15, -0.1) is 11.3 Å². The number of carbonyl (C=O) groups excluding carboxylic acids is 1. The van der Waals surface area contributed by atoms with E-state index in [2.05, 4.69) is 6.92 Å². The van der Waals surface area contributed by atoms with Crippen LogP contribution in [0, 0.1) is 5.92 Å². The summed E-state index contributed by atoms with van der Waals surface area (Å²) in [4.78, 5) is 32.2. The van der Waals surface area contributed by atoms with Crippen LogP contribution in [0.25, 0.3) is 10.8 Å². The molecule has 0 saturated carbocycles. The molecule has 2 aromatic carbocycles. The minimum atomic E-state index is -0.370. The van der Waals surface area contributed by atoms with Crippen LogP contribution in [-0.2, 0) is 24.1 Å². The molecule has 1 aliphatic carbocycles. The monoisotopic (exact) mass is 530 g/mol. The van der Waals surface area contributed by atoms with Gasteiger partial charge in [0.2, 0.25) is 5.88 Å². The number of aromatic nitrogens is 1. The number of ether oxygens (including phenoxy) is 2. The fourth-order valence-corrected chi connectivity index (χ4v) is 6.31. The fourth-order valence-electron chi connectivity index (χ4n) is 4.96. The maximum absolute atomic E-state index is 13.4. The number of pyridine rings is 1. The Balaban J connectivity index is 1.62. The highest BCUT2D eigenvalue weighted by Crippen LogP contribution is 2.41. The van der Waals surface area contributed by atoms with Crippen LogP contribution in [0.2, 0.25) is 0 Å². The first-order valence-corrected chi connectivity index (χ1v) is 13.6. The lowest BCUT2D eigenvalue weighted by Gasteiger charge is -2.18. The summed E-state index contributed by atoms with van der Waals surface area (Å²) in [5.41, 5.74) is 2.51. The lowest BCUT2D eigenvalue weighted by molar-refractivity contribution is 0.0526. The van der Waals surface area contributed by atoms with Gasteiger partial charge >= 0.3 is 5.97 Å². The number of carbonyl (C=O) groups is 1. The van der Waals surface area contributed by atoms with Crippen LogP contribution in [0.15, 0.2) is 58.3 Å². The van der Waals surface area contributed by atoms with Crippen molar-refractivity contribution in [2.45, 2.75) is 39.7 Å². The maximum atomic E-state index is 13.4. The van der Waals surface area contributed by atoms with E-state index in [4.69, 9.17) is 14.5 Å². The zero-order valence-electron chi connectivity index (χ0n) is 21.7. The second-order valence-electron chi connectivity index (χ2n) is 9.53. The minimum absolute atomic E-state index is 0.180. The maximum Gasteiger partial charge on any atom is 0.341 e. The number of esters is 1. The summed E-state index contributed by atoms with van der Waals surface area (Å²) in [6.07, 6.45) is 4.30. The summed E-state index contributed by atoms with van der Waals surface area (Å²) in [5.74, 6) is 0.704. The van der Waals surface area contributed by atoms with E-state index in [0.29, 0.717) is 38.6 Å². The minimum Gasteiger partial charge on any atom is -0.497 e. The Morgan fingerprint density at radius 2 is 1.92 bits per heavy atom. The number of aliphatic imine (C=N–C) groups is 1. The Morgan fingerprint density at radius 1 is 1.18 bits per heavy atom. The van der Waals surface area contributed by atoms with E-state index >= 15 is 0 Å². The van der Waals surface area contributed by atoms with Crippen molar-refractivity contribution in [1.82, 2.24) is 4.57 Å². The number of hydrogen-bond donors (Lipinski definition) is 1. The molecule has 4 aromatic rings. The van der Waals surface area contributed by atoms with Gasteiger partial charge in [0.05, 0.1) is 31.4 Å². The molecule has 0 saturated heterocycles. The highest BCUT2D eigenvalue weighted by molar-refractivity contribution is 7.16. The van der Waals surface area contributed by atoms with Crippen LogP contribution >= 0.6 is 11.3 Å². The number of nitrogens with zero attached hydrogens (tertiary/aromatic N) is 2. The molecule has 5 rings (SSSR count). The molecule has 1 N–H and O–H groups in total. The molecular formula is C30H30N2O5S. The Labute approximate surface area is 225 Å². The third-order valence-corrected chi connectivity index (χ3v) is 8.14. The zero-order chi connectivity index (χ0) is 26.8. The Kier molecular flexibility index (Phi) is 7.33. The molecule has 38 heavy (non-hydrogen) atoms. The van der Waals surface area contributed by atoms with Gasteiger partial charge in [-0.3, -0.25) is 9.36 Å². The van der Waals surface area contributed by atoms with Crippen LogP contribution in [-0.4, -0.2) is 35.6 Å². The molecule has 0 radical (unpaired) electrons. The zero-order valence-corrected chi connectivity index (χ0v) is 22.5. The Hall–Kier alpha value is -3.91. The predicted molar refractivity (Wildman–Crippen MR) is 151 cm³/mol.